The van der Waals surface area contributed by atoms with E-state index in [2.05, 4.69) is 0 Å². The zero-order valence-corrected chi connectivity index (χ0v) is 21.4. The second kappa shape index (κ2) is 11.0. The van der Waals surface area contributed by atoms with E-state index in [0.717, 1.165) is 10.5 Å². The number of carbonyl (C=O) groups is 2. The molecule has 2 amide bonds. The van der Waals surface area contributed by atoms with Gasteiger partial charge in [-0.1, -0.05) is 71.2 Å². The lowest BCUT2D eigenvalue weighted by molar-refractivity contribution is -0.141. The highest BCUT2D eigenvalue weighted by Gasteiger charge is 2.35. The van der Waals surface area contributed by atoms with Crippen LogP contribution in [0.2, 0.25) is 15.1 Å². The highest BCUT2D eigenvalue weighted by molar-refractivity contribution is 6.35. The Morgan fingerprint density at radius 3 is 2.31 bits per heavy atom. The lowest BCUT2D eigenvalue weighted by Gasteiger charge is -2.27. The molecule has 180 valence electrons. The molecule has 1 heterocycles. The molecule has 36 heavy (non-hydrogen) atoms. The third-order valence-corrected chi connectivity index (χ3v) is 6.67. The van der Waals surface area contributed by atoms with Crippen molar-refractivity contribution >= 4 is 52.7 Å². The Kier molecular flexibility index (Phi) is 7.81. The van der Waals surface area contributed by atoms with Crippen LogP contribution in [-0.2, 0) is 22.7 Å². The van der Waals surface area contributed by atoms with Gasteiger partial charge < -0.3 is 4.74 Å². The van der Waals surface area contributed by atoms with Crippen LogP contribution in [0.3, 0.4) is 0 Å². The Labute approximate surface area is 223 Å². The average Bonchev–Trinajstić information content (AvgIpc) is 2.86. The van der Waals surface area contributed by atoms with E-state index in [9.17, 15) is 14.9 Å². The van der Waals surface area contributed by atoms with Crippen molar-refractivity contribution in [2.75, 3.05) is 0 Å². The quantitative estimate of drug-likeness (QED) is 0.250. The molecule has 3 aromatic rings. The lowest BCUT2D eigenvalue weighted by Crippen LogP contribution is -2.42. The van der Waals surface area contributed by atoms with Gasteiger partial charge in [-0.2, -0.15) is 5.26 Å². The van der Waals surface area contributed by atoms with Crippen molar-refractivity contribution in [3.63, 3.8) is 0 Å². The minimum absolute atomic E-state index is 0.0345. The fourth-order valence-electron chi connectivity index (χ4n) is 3.70. The van der Waals surface area contributed by atoms with Gasteiger partial charge in [-0.25, -0.2) is 0 Å². The van der Waals surface area contributed by atoms with Crippen molar-refractivity contribution < 1.29 is 14.3 Å². The maximum atomic E-state index is 13.3. The highest BCUT2D eigenvalue weighted by atomic mass is 35.5. The Hall–Kier alpha value is -3.56. The lowest BCUT2D eigenvalue weighted by atomic mass is 9.93. The van der Waals surface area contributed by atoms with E-state index in [0.29, 0.717) is 37.5 Å². The van der Waals surface area contributed by atoms with E-state index in [-0.39, 0.29) is 24.3 Å². The Bertz CT molecular complexity index is 1450. The number of halogens is 3. The molecule has 0 atom stereocenters. The van der Waals surface area contributed by atoms with E-state index in [1.807, 2.05) is 6.07 Å². The van der Waals surface area contributed by atoms with E-state index in [1.54, 1.807) is 79.7 Å². The van der Waals surface area contributed by atoms with Crippen LogP contribution in [-0.4, -0.2) is 16.7 Å². The first kappa shape index (κ1) is 25.5. The number of imide groups is 1. The summed E-state index contributed by atoms with van der Waals surface area (Å²) in [5, 5.41) is 11.1. The molecule has 3 aromatic carbocycles. The maximum Gasteiger partial charge on any atom is 0.271 e. The molecule has 0 radical (unpaired) electrons. The van der Waals surface area contributed by atoms with E-state index < -0.39 is 11.8 Å². The molecule has 0 spiro atoms. The zero-order valence-electron chi connectivity index (χ0n) is 19.1. The number of hydrogen-bond acceptors (Lipinski definition) is 4. The van der Waals surface area contributed by atoms with Crippen molar-refractivity contribution in [2.45, 2.75) is 20.1 Å². The number of hydrogen-bond donors (Lipinski definition) is 0. The molecule has 5 nitrogen and oxygen atoms in total. The van der Waals surface area contributed by atoms with Crippen LogP contribution >= 0.6 is 34.8 Å². The molecule has 0 aliphatic carbocycles. The standard InChI is InChI=1S/C28H19Cl3N2O3/c1-17-23(27(34)33(28(35)24(17)14-32)15-19-4-2-3-5-25(19)30)12-18-6-10-22(11-7-18)36-16-20-8-9-21(29)13-26(20)31/h2-13H,15-16H2,1H3/b23-12+. The molecule has 8 heteroatoms. The van der Waals surface area contributed by atoms with Crippen molar-refractivity contribution in [2.24, 2.45) is 0 Å². The fourth-order valence-corrected chi connectivity index (χ4v) is 4.36. The van der Waals surface area contributed by atoms with Crippen molar-refractivity contribution in [3.8, 4) is 11.8 Å². The normalized spacial score (nSPS) is 14.9. The second-order valence-electron chi connectivity index (χ2n) is 8.05. The predicted octanol–water partition coefficient (Wildman–Crippen LogP) is 7.02. The monoisotopic (exact) mass is 536 g/mol. The summed E-state index contributed by atoms with van der Waals surface area (Å²) in [6, 6.07) is 21.2. The fraction of sp³-hybridized carbons (Fsp3) is 0.107. The summed E-state index contributed by atoms with van der Waals surface area (Å²) in [5.41, 5.74) is 2.64. The number of benzene rings is 3. The van der Waals surface area contributed by atoms with Gasteiger partial charge in [0.15, 0.2) is 0 Å². The third-order valence-electron chi connectivity index (χ3n) is 5.71. The van der Waals surface area contributed by atoms with Crippen molar-refractivity contribution in [1.82, 2.24) is 4.90 Å². The predicted molar refractivity (Wildman–Crippen MR) is 141 cm³/mol. The summed E-state index contributed by atoms with van der Waals surface area (Å²) in [4.78, 5) is 27.2. The molecule has 0 N–H and O–H groups in total. The molecule has 0 saturated heterocycles. The first-order chi connectivity index (χ1) is 17.3. The SMILES string of the molecule is CC1=C(C#N)C(=O)N(Cc2ccccc2Cl)C(=O)/C1=C/c1ccc(OCc2ccc(Cl)cc2Cl)cc1. The molecule has 0 bridgehead atoms. The number of nitrogens with zero attached hydrogens (tertiary/aromatic N) is 2. The summed E-state index contributed by atoms with van der Waals surface area (Å²) < 4.78 is 5.81. The van der Waals surface area contributed by atoms with Gasteiger partial charge in [-0.3, -0.25) is 14.5 Å². The van der Waals surface area contributed by atoms with Crippen LogP contribution in [0.25, 0.3) is 6.08 Å². The van der Waals surface area contributed by atoms with E-state index >= 15 is 0 Å². The largest absolute Gasteiger partial charge is 0.489 e. The first-order valence-electron chi connectivity index (χ1n) is 10.9. The van der Waals surface area contributed by atoms with Crippen LogP contribution < -0.4 is 4.74 Å². The summed E-state index contributed by atoms with van der Waals surface area (Å²) in [6.45, 7) is 1.83. The molecule has 0 unspecified atom stereocenters. The van der Waals surface area contributed by atoms with Gasteiger partial charge in [0.05, 0.1) is 6.54 Å². The van der Waals surface area contributed by atoms with Crippen LogP contribution in [0.1, 0.15) is 23.6 Å². The summed E-state index contributed by atoms with van der Waals surface area (Å²) in [6.07, 6.45) is 1.65. The third kappa shape index (κ3) is 5.47. The van der Waals surface area contributed by atoms with Gasteiger partial charge in [0.2, 0.25) is 0 Å². The smallest absolute Gasteiger partial charge is 0.271 e. The van der Waals surface area contributed by atoms with E-state index in [1.165, 1.54) is 0 Å². The minimum atomic E-state index is -0.637. The molecular weight excluding hydrogens is 519 g/mol. The number of amides is 2. The number of nitriles is 1. The van der Waals surface area contributed by atoms with Crippen LogP contribution in [0.5, 0.6) is 5.75 Å². The van der Waals surface area contributed by atoms with Crippen LogP contribution in [0, 0.1) is 11.3 Å². The first-order valence-corrected chi connectivity index (χ1v) is 12.0. The maximum absolute atomic E-state index is 13.3. The van der Waals surface area contributed by atoms with Crippen molar-refractivity contribution in [3.05, 3.63) is 115 Å². The molecule has 1 aliphatic heterocycles. The molecule has 1 aliphatic rings. The molecular formula is C28H19Cl3N2O3. The van der Waals surface area contributed by atoms with Gasteiger partial charge in [0.1, 0.15) is 24.0 Å². The Balaban J connectivity index is 1.57. The molecule has 0 saturated carbocycles. The van der Waals surface area contributed by atoms with Crippen LogP contribution in [0.15, 0.2) is 83.4 Å². The van der Waals surface area contributed by atoms with Gasteiger partial charge in [0, 0.05) is 26.2 Å². The highest BCUT2D eigenvalue weighted by Crippen LogP contribution is 2.30. The summed E-state index contributed by atoms with van der Waals surface area (Å²) >= 11 is 18.4. The van der Waals surface area contributed by atoms with Crippen molar-refractivity contribution in [1.29, 1.82) is 5.26 Å². The molecule has 4 rings (SSSR count). The average molecular weight is 538 g/mol. The number of ether oxygens (including phenoxy) is 1. The minimum Gasteiger partial charge on any atom is -0.489 e. The summed E-state index contributed by atoms with van der Waals surface area (Å²) in [7, 11) is 0. The molecule has 0 aromatic heterocycles. The Morgan fingerprint density at radius 1 is 0.917 bits per heavy atom. The second-order valence-corrected chi connectivity index (χ2v) is 9.30. The summed E-state index contributed by atoms with van der Waals surface area (Å²) in [5.74, 6) is -0.519. The van der Waals surface area contributed by atoms with Gasteiger partial charge in [-0.05, 0) is 60.0 Å². The number of carbonyl (C=O) groups excluding carboxylic acids is 2. The Morgan fingerprint density at radius 2 is 1.64 bits per heavy atom. The zero-order chi connectivity index (χ0) is 25.8. The molecule has 0 fully saturated rings. The van der Waals surface area contributed by atoms with Gasteiger partial charge >= 0.3 is 0 Å². The van der Waals surface area contributed by atoms with Crippen LogP contribution in [0.4, 0.5) is 0 Å². The van der Waals surface area contributed by atoms with Gasteiger partial charge in [-0.15, -0.1) is 0 Å². The number of rotatable bonds is 6. The van der Waals surface area contributed by atoms with E-state index in [4.69, 9.17) is 39.5 Å². The topological polar surface area (TPSA) is 70.4 Å². The van der Waals surface area contributed by atoms with Gasteiger partial charge in [0.25, 0.3) is 11.8 Å².